The van der Waals surface area contributed by atoms with Crippen LogP contribution in [0.2, 0.25) is 10.0 Å². The Morgan fingerprint density at radius 2 is 1.89 bits per heavy atom. The summed E-state index contributed by atoms with van der Waals surface area (Å²) in [7, 11) is 0. The molecule has 0 aliphatic carbocycles. The Kier molecular flexibility index (Phi) is 3.69. The molecule has 0 amide bonds. The zero-order valence-corrected chi connectivity index (χ0v) is 10.5. The second-order valence-corrected chi connectivity index (χ2v) is 4.36. The number of halogens is 2. The van der Waals surface area contributed by atoms with Crippen LogP contribution in [-0.2, 0) is 0 Å². The lowest BCUT2D eigenvalue weighted by atomic mass is 10.2. The van der Waals surface area contributed by atoms with Gasteiger partial charge in [-0.2, -0.15) is 0 Å². The number of aromatic carboxylic acids is 1. The number of benzene rings is 1. The quantitative estimate of drug-likeness (QED) is 0.898. The van der Waals surface area contributed by atoms with Crippen LogP contribution in [0.4, 0.5) is 11.5 Å². The first-order valence-corrected chi connectivity index (χ1v) is 5.73. The lowest BCUT2D eigenvalue weighted by Gasteiger charge is -2.08. The van der Waals surface area contributed by atoms with Crippen molar-refractivity contribution in [1.82, 2.24) is 4.98 Å². The molecule has 2 aromatic rings. The molecule has 1 aromatic carbocycles. The summed E-state index contributed by atoms with van der Waals surface area (Å²) < 4.78 is 0. The van der Waals surface area contributed by atoms with Crippen molar-refractivity contribution in [3.8, 4) is 0 Å². The fourth-order valence-corrected chi connectivity index (χ4v) is 1.97. The molecule has 18 heavy (non-hydrogen) atoms. The van der Waals surface area contributed by atoms with Crippen molar-refractivity contribution >= 4 is 40.7 Å². The maximum atomic E-state index is 11.0. The predicted molar refractivity (Wildman–Crippen MR) is 70.9 cm³/mol. The summed E-state index contributed by atoms with van der Waals surface area (Å²) in [5.74, 6) is -0.818. The smallest absolute Gasteiger partial charge is 0.339 e. The molecule has 2 N–H and O–H groups in total. The monoisotopic (exact) mass is 282 g/mol. The van der Waals surface area contributed by atoms with Gasteiger partial charge in [0.05, 0.1) is 0 Å². The fourth-order valence-electron chi connectivity index (χ4n) is 1.44. The average Bonchev–Trinajstić information content (AvgIpc) is 2.27. The van der Waals surface area contributed by atoms with Gasteiger partial charge in [0.25, 0.3) is 0 Å². The van der Waals surface area contributed by atoms with Gasteiger partial charge in [-0.3, -0.25) is 0 Å². The largest absolute Gasteiger partial charge is 0.478 e. The van der Waals surface area contributed by atoms with Crippen LogP contribution >= 0.6 is 23.2 Å². The van der Waals surface area contributed by atoms with Crippen LogP contribution in [0.25, 0.3) is 0 Å². The number of carboxylic acid groups (broad SMARTS) is 1. The van der Waals surface area contributed by atoms with Crippen molar-refractivity contribution in [2.75, 3.05) is 5.32 Å². The number of hydrogen-bond acceptors (Lipinski definition) is 3. The first-order valence-electron chi connectivity index (χ1n) is 4.97. The summed E-state index contributed by atoms with van der Waals surface area (Å²) in [6.45, 7) is 0. The third-order valence-electron chi connectivity index (χ3n) is 2.16. The Morgan fingerprint density at radius 1 is 1.22 bits per heavy atom. The SMILES string of the molecule is O=C(O)c1cccnc1Nc1cc(Cl)cc(Cl)c1. The normalized spacial score (nSPS) is 10.1. The summed E-state index contributed by atoms with van der Waals surface area (Å²) in [5.41, 5.74) is 0.655. The lowest BCUT2D eigenvalue weighted by molar-refractivity contribution is 0.0697. The van der Waals surface area contributed by atoms with Crippen molar-refractivity contribution in [2.24, 2.45) is 0 Å². The number of carboxylic acids is 1. The molecule has 1 heterocycles. The zero-order valence-electron chi connectivity index (χ0n) is 9.02. The van der Waals surface area contributed by atoms with E-state index in [1.807, 2.05) is 0 Å². The molecule has 2 rings (SSSR count). The molecule has 0 fully saturated rings. The van der Waals surface area contributed by atoms with E-state index in [-0.39, 0.29) is 11.4 Å². The highest BCUT2D eigenvalue weighted by molar-refractivity contribution is 6.35. The van der Waals surface area contributed by atoms with Crippen molar-refractivity contribution in [3.63, 3.8) is 0 Å². The van der Waals surface area contributed by atoms with Gasteiger partial charge in [-0.1, -0.05) is 23.2 Å². The Hall–Kier alpha value is -1.78. The van der Waals surface area contributed by atoms with Crippen LogP contribution in [0.5, 0.6) is 0 Å². The van der Waals surface area contributed by atoms with E-state index in [1.165, 1.54) is 12.3 Å². The highest BCUT2D eigenvalue weighted by Crippen LogP contribution is 2.25. The first-order chi connectivity index (χ1) is 8.56. The van der Waals surface area contributed by atoms with Crippen LogP contribution in [0, 0.1) is 0 Å². The Balaban J connectivity index is 2.37. The van der Waals surface area contributed by atoms with Crippen LogP contribution < -0.4 is 5.32 Å². The minimum Gasteiger partial charge on any atom is -0.478 e. The standard InChI is InChI=1S/C12H8Cl2N2O2/c13-7-4-8(14)6-9(5-7)16-11-10(12(17)18)2-1-3-15-11/h1-6H,(H,15,16)(H,17,18). The number of nitrogens with one attached hydrogen (secondary N) is 1. The number of nitrogens with zero attached hydrogens (tertiary/aromatic N) is 1. The van der Waals surface area contributed by atoms with Gasteiger partial charge in [0.15, 0.2) is 0 Å². The van der Waals surface area contributed by atoms with Crippen molar-refractivity contribution < 1.29 is 9.90 Å². The van der Waals surface area contributed by atoms with E-state index < -0.39 is 5.97 Å². The summed E-state index contributed by atoms with van der Waals surface area (Å²) in [5, 5.41) is 12.8. The minimum atomic E-state index is -1.06. The van der Waals surface area contributed by atoms with E-state index in [4.69, 9.17) is 28.3 Å². The molecule has 6 heteroatoms. The van der Waals surface area contributed by atoms with Crippen molar-refractivity contribution in [1.29, 1.82) is 0 Å². The van der Waals surface area contributed by atoms with Gasteiger partial charge in [0.2, 0.25) is 0 Å². The van der Waals surface area contributed by atoms with Gasteiger partial charge in [0, 0.05) is 21.9 Å². The second kappa shape index (κ2) is 5.25. The zero-order chi connectivity index (χ0) is 13.1. The number of anilines is 2. The molecule has 0 spiro atoms. The van der Waals surface area contributed by atoms with E-state index in [2.05, 4.69) is 10.3 Å². The first kappa shape index (κ1) is 12.7. The van der Waals surface area contributed by atoms with Crippen molar-refractivity contribution in [2.45, 2.75) is 0 Å². The summed E-state index contributed by atoms with van der Waals surface area (Å²) >= 11 is 11.7. The Labute approximate surface area is 113 Å². The number of hydrogen-bond donors (Lipinski definition) is 2. The maximum Gasteiger partial charge on any atom is 0.339 e. The Morgan fingerprint density at radius 3 is 2.50 bits per heavy atom. The fraction of sp³-hybridized carbons (Fsp3) is 0. The van der Waals surface area contributed by atoms with E-state index in [0.717, 1.165) is 0 Å². The van der Waals surface area contributed by atoms with Gasteiger partial charge in [-0.15, -0.1) is 0 Å². The molecule has 0 saturated carbocycles. The molecule has 0 unspecified atom stereocenters. The molecular formula is C12H8Cl2N2O2. The van der Waals surface area contributed by atoms with Crippen molar-refractivity contribution in [3.05, 3.63) is 52.1 Å². The molecule has 92 valence electrons. The molecular weight excluding hydrogens is 275 g/mol. The predicted octanol–water partition coefficient (Wildman–Crippen LogP) is 3.83. The minimum absolute atomic E-state index is 0.0774. The summed E-state index contributed by atoms with van der Waals surface area (Å²) in [6.07, 6.45) is 1.50. The third-order valence-corrected chi connectivity index (χ3v) is 2.60. The second-order valence-electron chi connectivity index (χ2n) is 3.49. The van der Waals surface area contributed by atoms with E-state index >= 15 is 0 Å². The van der Waals surface area contributed by atoms with E-state index in [9.17, 15) is 4.79 Å². The molecule has 0 radical (unpaired) electrons. The average molecular weight is 283 g/mol. The summed E-state index contributed by atoms with van der Waals surface area (Å²) in [4.78, 5) is 15.0. The molecule has 1 aromatic heterocycles. The van der Waals surface area contributed by atoms with Gasteiger partial charge in [-0.05, 0) is 30.3 Å². The maximum absolute atomic E-state index is 11.0. The number of pyridine rings is 1. The molecule has 4 nitrogen and oxygen atoms in total. The van der Waals surface area contributed by atoms with Crippen LogP contribution in [0.3, 0.4) is 0 Å². The highest BCUT2D eigenvalue weighted by atomic mass is 35.5. The molecule has 0 atom stereocenters. The van der Waals surface area contributed by atoms with Gasteiger partial charge < -0.3 is 10.4 Å². The van der Waals surface area contributed by atoms with E-state index in [0.29, 0.717) is 15.7 Å². The molecule has 0 saturated heterocycles. The van der Waals surface area contributed by atoms with Crippen LogP contribution in [0.15, 0.2) is 36.5 Å². The molecule has 0 bridgehead atoms. The molecule has 0 aliphatic heterocycles. The van der Waals surface area contributed by atoms with Crippen LogP contribution in [0.1, 0.15) is 10.4 Å². The van der Waals surface area contributed by atoms with Gasteiger partial charge >= 0.3 is 5.97 Å². The topological polar surface area (TPSA) is 62.2 Å². The third kappa shape index (κ3) is 2.91. The number of aromatic nitrogens is 1. The lowest BCUT2D eigenvalue weighted by Crippen LogP contribution is -2.04. The van der Waals surface area contributed by atoms with Gasteiger partial charge in [0.1, 0.15) is 11.4 Å². The molecule has 0 aliphatic rings. The summed E-state index contributed by atoms with van der Waals surface area (Å²) in [6, 6.07) is 7.87. The van der Waals surface area contributed by atoms with Gasteiger partial charge in [-0.25, -0.2) is 9.78 Å². The highest BCUT2D eigenvalue weighted by Gasteiger charge is 2.10. The number of rotatable bonds is 3. The van der Waals surface area contributed by atoms with E-state index in [1.54, 1.807) is 24.3 Å². The Bertz CT molecular complexity index is 582. The van der Waals surface area contributed by atoms with Crippen LogP contribution in [-0.4, -0.2) is 16.1 Å². The number of carbonyl (C=O) groups is 1.